The largest absolute Gasteiger partial charge is 0.453 e. The molecule has 0 fully saturated rings. The Kier molecular flexibility index (Phi) is 28.4. The molecule has 364 valence electrons. The monoisotopic (exact) mass is 1000 g/mol. The van der Waals surface area contributed by atoms with E-state index in [0.29, 0.717) is 24.5 Å². The third-order valence-corrected chi connectivity index (χ3v) is 20.4. The number of aliphatic imine (C=N–C) groups is 4. The number of carbonyl (C=O) groups is 2. The molecule has 0 bridgehead atoms. The zero-order valence-corrected chi connectivity index (χ0v) is 43.8. The molecule has 0 aliphatic heterocycles. The van der Waals surface area contributed by atoms with Gasteiger partial charge >= 0.3 is 12.2 Å². The lowest BCUT2D eigenvalue weighted by Crippen LogP contribution is -2.51. The Labute approximate surface area is 401 Å². The van der Waals surface area contributed by atoms with E-state index >= 15 is 0 Å². The number of rotatable bonds is 20. The smallest absolute Gasteiger partial charge is 0.411 e. The molecule has 0 aliphatic rings. The van der Waals surface area contributed by atoms with E-state index in [2.05, 4.69) is 30.6 Å². The van der Waals surface area contributed by atoms with Gasteiger partial charge < -0.3 is 33.2 Å². The van der Waals surface area contributed by atoms with Crippen molar-refractivity contribution >= 4 is 81.2 Å². The molecular formula is C46H62N6O12Si4. The summed E-state index contributed by atoms with van der Waals surface area (Å²) in [6.45, 7) is 16.8. The summed E-state index contributed by atoms with van der Waals surface area (Å²) in [6, 6.07) is 32.8. The van der Waals surface area contributed by atoms with Gasteiger partial charge in [-0.25, -0.2) is 43.7 Å². The van der Waals surface area contributed by atoms with E-state index in [1.165, 1.54) is 24.3 Å². The van der Waals surface area contributed by atoms with Crippen LogP contribution in [0.15, 0.2) is 129 Å². The van der Waals surface area contributed by atoms with Crippen LogP contribution in [0.2, 0.25) is 52.4 Å². The standard InChI is InChI=1S/C23H31N3O6Si2.C10H8N2O2.C7H5NO.C6H18O3Si2/c1-33(2,32-34(3,4)18-31-23(29)26-21-11-6-5-7-12-21)17-30-22(28)25-15-20-10-8-9-19(13-20)14-24-16-27;13-7-11-5-9-2-1-3-10(4-9)6-12-8-14;9-6-8-7-4-2-1-3-5-7;1-10(2,5-7)9-11(3,4)6-8/h5-13H,14-15,17-18H2,1-4H3,(H,25,28)(H,26,29);1-4H,5-6H2;1-5H;7-8H,5-6H2,1-4H3. The van der Waals surface area contributed by atoms with E-state index in [-0.39, 0.29) is 38.0 Å². The zero-order chi connectivity index (χ0) is 50.9. The average molecular weight is 1000 g/mol. The molecule has 22 heteroatoms. The highest BCUT2D eigenvalue weighted by molar-refractivity contribution is 6.85. The molecule has 0 aromatic heterocycles. The van der Waals surface area contributed by atoms with Gasteiger partial charge in [-0.2, -0.15) is 4.99 Å². The van der Waals surface area contributed by atoms with E-state index < -0.39 is 45.5 Å². The third kappa shape index (κ3) is 29.3. The summed E-state index contributed by atoms with van der Waals surface area (Å²) in [6.07, 6.45) is 5.43. The van der Waals surface area contributed by atoms with Gasteiger partial charge in [0.25, 0.3) is 0 Å². The number of aliphatic hydroxyl groups is 2. The van der Waals surface area contributed by atoms with E-state index in [1.807, 2.05) is 137 Å². The third-order valence-electron chi connectivity index (χ3n) is 8.32. The van der Waals surface area contributed by atoms with Crippen LogP contribution in [0.4, 0.5) is 21.0 Å². The maximum atomic E-state index is 12.2. The molecule has 4 rings (SSSR count). The van der Waals surface area contributed by atoms with Crippen molar-refractivity contribution in [2.75, 3.05) is 30.2 Å². The highest BCUT2D eigenvalue weighted by Crippen LogP contribution is 2.17. The van der Waals surface area contributed by atoms with Gasteiger partial charge in [0.1, 0.15) is 12.5 Å². The van der Waals surface area contributed by atoms with Gasteiger partial charge in [0.05, 0.1) is 37.8 Å². The van der Waals surface area contributed by atoms with Crippen LogP contribution in [0.5, 0.6) is 0 Å². The molecule has 0 spiro atoms. The summed E-state index contributed by atoms with van der Waals surface area (Å²) in [4.78, 5) is 77.8. The number of nitrogens with zero attached hydrogens (tertiary/aromatic N) is 4. The Hall–Kier alpha value is -6.35. The van der Waals surface area contributed by atoms with Crippen LogP contribution in [0, 0.1) is 0 Å². The van der Waals surface area contributed by atoms with Crippen molar-refractivity contribution in [3.8, 4) is 0 Å². The van der Waals surface area contributed by atoms with Gasteiger partial charge in [0.2, 0.25) is 41.0 Å². The zero-order valence-electron chi connectivity index (χ0n) is 39.8. The van der Waals surface area contributed by atoms with Gasteiger partial charge in [-0.3, -0.25) is 5.32 Å². The molecule has 4 aromatic carbocycles. The highest BCUT2D eigenvalue weighted by Gasteiger charge is 2.36. The van der Waals surface area contributed by atoms with Crippen LogP contribution in [-0.4, -0.2) is 105 Å². The van der Waals surface area contributed by atoms with E-state index in [9.17, 15) is 28.8 Å². The fourth-order valence-electron chi connectivity index (χ4n) is 5.59. The predicted octanol–water partition coefficient (Wildman–Crippen LogP) is 7.99. The number of amides is 2. The fourth-order valence-corrected chi connectivity index (χ4v) is 19.5. The van der Waals surface area contributed by atoms with Gasteiger partial charge in [0.15, 0.2) is 16.6 Å². The number of hydrogen-bond acceptors (Lipinski definition) is 16. The summed E-state index contributed by atoms with van der Waals surface area (Å²) in [7, 11) is -8.46. The first-order valence-corrected chi connectivity index (χ1v) is 33.6. The van der Waals surface area contributed by atoms with Crippen molar-refractivity contribution < 1.29 is 56.7 Å². The number of anilines is 1. The molecule has 0 saturated heterocycles. The maximum absolute atomic E-state index is 12.2. The van der Waals surface area contributed by atoms with Crippen LogP contribution in [0.3, 0.4) is 0 Å². The number of hydrogen-bond donors (Lipinski definition) is 4. The van der Waals surface area contributed by atoms with Crippen LogP contribution in [0.25, 0.3) is 0 Å². The van der Waals surface area contributed by atoms with Crippen LogP contribution in [0.1, 0.15) is 22.3 Å². The van der Waals surface area contributed by atoms with E-state index in [4.69, 9.17) is 27.9 Å². The van der Waals surface area contributed by atoms with Crippen LogP contribution < -0.4 is 10.6 Å². The molecule has 0 atom stereocenters. The van der Waals surface area contributed by atoms with Gasteiger partial charge in [0, 0.05) is 12.2 Å². The second-order valence-electron chi connectivity index (χ2n) is 17.0. The molecular weight excluding hydrogens is 941 g/mol. The molecule has 4 N–H and O–H groups in total. The van der Waals surface area contributed by atoms with Crippen molar-refractivity contribution in [2.45, 2.75) is 78.6 Å². The quantitative estimate of drug-likeness (QED) is 0.0373. The number of nitrogens with one attached hydrogen (secondary N) is 2. The fraction of sp³-hybridized carbons (Fsp3) is 0.348. The molecule has 4 aromatic rings. The number of ether oxygens (including phenoxy) is 2. The van der Waals surface area contributed by atoms with E-state index in [1.54, 1.807) is 24.3 Å². The first-order valence-electron chi connectivity index (χ1n) is 21.1. The van der Waals surface area contributed by atoms with Crippen LogP contribution >= 0.6 is 0 Å². The Balaban J connectivity index is 0.000000550. The van der Waals surface area contributed by atoms with Crippen molar-refractivity contribution in [3.63, 3.8) is 0 Å². The van der Waals surface area contributed by atoms with Crippen molar-refractivity contribution in [1.29, 1.82) is 0 Å². The summed E-state index contributed by atoms with van der Waals surface area (Å²) in [5.74, 6) is 0. The minimum Gasteiger partial charge on any atom is -0.453 e. The average Bonchev–Trinajstić information content (AvgIpc) is 3.31. The first-order chi connectivity index (χ1) is 32.2. The van der Waals surface area contributed by atoms with Gasteiger partial charge in [-0.1, -0.05) is 84.9 Å². The van der Waals surface area contributed by atoms with Crippen molar-refractivity contribution in [1.82, 2.24) is 5.32 Å². The second kappa shape index (κ2) is 32.4. The molecule has 0 radical (unpaired) electrons. The molecule has 2 amide bonds. The maximum Gasteiger partial charge on any atom is 0.411 e. The summed E-state index contributed by atoms with van der Waals surface area (Å²) in [5, 5.41) is 23.2. The molecule has 0 heterocycles. The lowest BCUT2D eigenvalue weighted by atomic mass is 10.1. The molecule has 68 heavy (non-hydrogen) atoms. The number of benzene rings is 4. The number of aliphatic hydroxyl groups excluding tert-OH is 2. The van der Waals surface area contributed by atoms with Gasteiger partial charge in [-0.05, 0) is 98.9 Å². The number of para-hydroxylation sites is 2. The predicted molar refractivity (Wildman–Crippen MR) is 268 cm³/mol. The number of isocyanates is 4. The Morgan fingerprint density at radius 1 is 0.515 bits per heavy atom. The minimum absolute atomic E-state index is 0.128. The van der Waals surface area contributed by atoms with E-state index in [0.717, 1.165) is 22.3 Å². The summed E-state index contributed by atoms with van der Waals surface area (Å²) < 4.78 is 22.8. The Morgan fingerprint density at radius 2 is 0.912 bits per heavy atom. The molecule has 0 unspecified atom stereocenters. The highest BCUT2D eigenvalue weighted by atomic mass is 28.4. The second-order valence-corrected chi connectivity index (χ2v) is 33.9. The van der Waals surface area contributed by atoms with Crippen molar-refractivity contribution in [2.24, 2.45) is 20.0 Å². The molecule has 0 aliphatic carbocycles. The van der Waals surface area contributed by atoms with Crippen LogP contribution in [-0.2, 0) is 63.1 Å². The Morgan fingerprint density at radius 3 is 1.34 bits per heavy atom. The lowest BCUT2D eigenvalue weighted by molar-refractivity contribution is 0.157. The lowest BCUT2D eigenvalue weighted by Gasteiger charge is -2.32. The molecule has 0 saturated carbocycles. The number of carbonyl (C=O) groups excluding carboxylic acids is 6. The number of alkyl carbamates (subject to hydrolysis) is 1. The summed E-state index contributed by atoms with van der Waals surface area (Å²) >= 11 is 0. The Bertz CT molecular complexity index is 2290. The first kappa shape index (κ1) is 59.7. The normalized spacial score (nSPS) is 10.6. The van der Waals surface area contributed by atoms with Crippen molar-refractivity contribution in [3.05, 3.63) is 131 Å². The minimum atomic E-state index is -2.36. The SMILES string of the molecule is C[Si](C)(CO)O[Si](C)(C)CO.C[Si](C)(COC(=O)NCc1cccc(CN=C=O)c1)O[Si](C)(C)COC(=O)Nc1ccccc1.O=C=NCc1cccc(CN=C=O)c1.O=C=Nc1ccccc1. The van der Waals surface area contributed by atoms with Gasteiger partial charge in [-0.15, -0.1) is 0 Å². The molecule has 18 nitrogen and oxygen atoms in total. The summed E-state index contributed by atoms with van der Waals surface area (Å²) in [5.41, 5.74) is 4.81. The topological polar surface area (TPSA) is 253 Å².